The number of methoxy groups -OCH3 is 1. The van der Waals surface area contributed by atoms with Crippen molar-refractivity contribution in [2.75, 3.05) is 13.7 Å². The smallest absolute Gasteiger partial charge is 0.349 e. The van der Waals surface area contributed by atoms with E-state index in [1.165, 1.54) is 6.26 Å². The summed E-state index contributed by atoms with van der Waals surface area (Å²) in [5.74, 6) is 0.457. The first-order chi connectivity index (χ1) is 15.0. The lowest BCUT2D eigenvalue weighted by molar-refractivity contribution is -0.136. The van der Waals surface area contributed by atoms with Crippen LogP contribution in [0.25, 0.3) is 22.5 Å². The molecule has 158 valence electrons. The van der Waals surface area contributed by atoms with Crippen molar-refractivity contribution in [2.45, 2.75) is 13.8 Å². The molecule has 4 rings (SSSR count). The molecule has 4 aromatic rings. The Morgan fingerprint density at radius 2 is 1.77 bits per heavy atom. The Bertz CT molecular complexity index is 1280. The van der Waals surface area contributed by atoms with Crippen LogP contribution in [0.1, 0.15) is 11.1 Å². The summed E-state index contributed by atoms with van der Waals surface area (Å²) in [5, 5.41) is 0.326. The van der Waals surface area contributed by atoms with E-state index in [1.807, 2.05) is 19.9 Å². The number of fused-ring (bicyclic) bond motifs is 1. The van der Waals surface area contributed by atoms with Crippen molar-refractivity contribution in [3.8, 4) is 28.8 Å². The zero-order chi connectivity index (χ0) is 22.0. The van der Waals surface area contributed by atoms with Gasteiger partial charge < -0.3 is 23.0 Å². The molecule has 0 fully saturated rings. The minimum Gasteiger partial charge on any atom is -0.497 e. The van der Waals surface area contributed by atoms with E-state index in [2.05, 4.69) is 0 Å². The average Bonchev–Trinajstić information content (AvgIpc) is 3.29. The highest BCUT2D eigenvalue weighted by atomic mass is 16.6. The molecule has 2 aromatic heterocycles. The van der Waals surface area contributed by atoms with Crippen LogP contribution in [0.4, 0.5) is 0 Å². The van der Waals surface area contributed by atoms with E-state index in [-0.39, 0.29) is 17.3 Å². The first-order valence-electron chi connectivity index (χ1n) is 9.55. The van der Waals surface area contributed by atoms with Crippen molar-refractivity contribution in [1.82, 2.24) is 0 Å². The highest BCUT2D eigenvalue weighted by Crippen LogP contribution is 2.33. The Morgan fingerprint density at radius 3 is 2.45 bits per heavy atom. The molecule has 0 aliphatic rings. The molecule has 0 bridgehead atoms. The van der Waals surface area contributed by atoms with Gasteiger partial charge >= 0.3 is 5.97 Å². The van der Waals surface area contributed by atoms with Gasteiger partial charge in [-0.25, -0.2) is 4.79 Å². The third kappa shape index (κ3) is 4.16. The molecule has 0 saturated carbocycles. The van der Waals surface area contributed by atoms with E-state index in [1.54, 1.807) is 49.6 Å². The fourth-order valence-corrected chi connectivity index (χ4v) is 3.25. The first-order valence-corrected chi connectivity index (χ1v) is 9.55. The van der Waals surface area contributed by atoms with Gasteiger partial charge in [0.05, 0.1) is 18.8 Å². The van der Waals surface area contributed by atoms with E-state index in [0.29, 0.717) is 22.5 Å². The van der Waals surface area contributed by atoms with Gasteiger partial charge in [-0.1, -0.05) is 6.07 Å². The third-order valence-electron chi connectivity index (χ3n) is 4.66. The predicted molar refractivity (Wildman–Crippen MR) is 114 cm³/mol. The van der Waals surface area contributed by atoms with Crippen LogP contribution in [-0.2, 0) is 4.79 Å². The van der Waals surface area contributed by atoms with Gasteiger partial charge in [-0.2, -0.15) is 0 Å². The van der Waals surface area contributed by atoms with Crippen LogP contribution in [0.2, 0.25) is 0 Å². The molecule has 2 heterocycles. The molecule has 7 heteroatoms. The molecular formula is C24H20O7. The molecule has 0 N–H and O–H groups in total. The standard InChI is InChI=1S/C24H20O7/c1-14-11-15(2)22-18(12-14)21(26)24(23(31-22)19-5-4-10-28-19)30-20(25)13-29-17-8-6-16(27-3)7-9-17/h4-12H,13H2,1-3H3. The zero-order valence-electron chi connectivity index (χ0n) is 17.3. The topological polar surface area (TPSA) is 88.1 Å². The number of hydrogen-bond donors (Lipinski definition) is 0. The van der Waals surface area contributed by atoms with E-state index in [4.69, 9.17) is 23.0 Å². The molecule has 31 heavy (non-hydrogen) atoms. The third-order valence-corrected chi connectivity index (χ3v) is 4.66. The van der Waals surface area contributed by atoms with Crippen molar-refractivity contribution in [3.05, 3.63) is 76.1 Å². The average molecular weight is 420 g/mol. The second-order valence-corrected chi connectivity index (χ2v) is 6.96. The summed E-state index contributed by atoms with van der Waals surface area (Å²) in [6, 6.07) is 13.6. The number of esters is 1. The fraction of sp³-hybridized carbons (Fsp3) is 0.167. The van der Waals surface area contributed by atoms with Crippen LogP contribution >= 0.6 is 0 Å². The molecule has 7 nitrogen and oxygen atoms in total. The summed E-state index contributed by atoms with van der Waals surface area (Å²) < 4.78 is 27.3. The summed E-state index contributed by atoms with van der Waals surface area (Å²) in [5.41, 5.74) is 1.64. The quantitative estimate of drug-likeness (QED) is 0.419. The lowest BCUT2D eigenvalue weighted by atomic mass is 10.1. The molecular weight excluding hydrogens is 400 g/mol. The lowest BCUT2D eigenvalue weighted by Gasteiger charge is -2.11. The number of carbonyl (C=O) groups is 1. The highest BCUT2D eigenvalue weighted by Gasteiger charge is 2.23. The molecule has 0 aliphatic carbocycles. The van der Waals surface area contributed by atoms with Crippen molar-refractivity contribution < 1.29 is 27.8 Å². The van der Waals surface area contributed by atoms with E-state index in [0.717, 1.165) is 11.1 Å². The maximum absolute atomic E-state index is 13.2. The van der Waals surface area contributed by atoms with Crippen molar-refractivity contribution in [1.29, 1.82) is 0 Å². The second-order valence-electron chi connectivity index (χ2n) is 6.96. The number of aryl methyl sites for hydroxylation is 2. The normalized spacial score (nSPS) is 10.8. The molecule has 0 spiro atoms. The summed E-state index contributed by atoms with van der Waals surface area (Å²) in [6.07, 6.45) is 1.44. The molecule has 0 amide bonds. The number of benzene rings is 2. The van der Waals surface area contributed by atoms with Crippen LogP contribution in [0.15, 0.2) is 68.4 Å². The van der Waals surface area contributed by atoms with Gasteiger partial charge in [-0.3, -0.25) is 4.79 Å². The maximum atomic E-state index is 13.2. The van der Waals surface area contributed by atoms with E-state index in [9.17, 15) is 9.59 Å². The molecule has 2 aromatic carbocycles. The highest BCUT2D eigenvalue weighted by molar-refractivity contribution is 5.86. The predicted octanol–water partition coefficient (Wildman–Crippen LogP) is 4.66. The van der Waals surface area contributed by atoms with Crippen LogP contribution in [0.5, 0.6) is 17.2 Å². The van der Waals surface area contributed by atoms with Crippen molar-refractivity contribution in [3.63, 3.8) is 0 Å². The van der Waals surface area contributed by atoms with E-state index < -0.39 is 18.0 Å². The summed E-state index contributed by atoms with van der Waals surface area (Å²) >= 11 is 0. The number of carbonyl (C=O) groups excluding carboxylic acids is 1. The largest absolute Gasteiger partial charge is 0.497 e. The Labute approximate surface area is 177 Å². The maximum Gasteiger partial charge on any atom is 0.349 e. The summed E-state index contributed by atoms with van der Waals surface area (Å²) in [6.45, 7) is 3.33. The van der Waals surface area contributed by atoms with Gasteiger partial charge in [0.2, 0.25) is 16.9 Å². The van der Waals surface area contributed by atoms with Gasteiger partial charge in [0, 0.05) is 0 Å². The molecule has 0 saturated heterocycles. The van der Waals surface area contributed by atoms with Gasteiger partial charge in [0.1, 0.15) is 17.1 Å². The lowest BCUT2D eigenvalue weighted by Crippen LogP contribution is -2.22. The fourth-order valence-electron chi connectivity index (χ4n) is 3.25. The van der Waals surface area contributed by atoms with Crippen LogP contribution in [-0.4, -0.2) is 19.7 Å². The van der Waals surface area contributed by atoms with Crippen LogP contribution in [0.3, 0.4) is 0 Å². The van der Waals surface area contributed by atoms with Gasteiger partial charge in [0.15, 0.2) is 12.4 Å². The SMILES string of the molecule is COc1ccc(OCC(=O)Oc2c(-c3ccco3)oc3c(C)cc(C)cc3c2=O)cc1. The first kappa shape index (κ1) is 20.3. The minimum atomic E-state index is -0.750. The Kier molecular flexibility index (Phi) is 5.49. The number of rotatable bonds is 6. The van der Waals surface area contributed by atoms with Gasteiger partial charge in [-0.05, 0) is 67.4 Å². The number of hydrogen-bond acceptors (Lipinski definition) is 7. The summed E-state index contributed by atoms with van der Waals surface area (Å²) in [7, 11) is 1.56. The van der Waals surface area contributed by atoms with Crippen molar-refractivity contribution >= 4 is 16.9 Å². The van der Waals surface area contributed by atoms with E-state index >= 15 is 0 Å². The van der Waals surface area contributed by atoms with Gasteiger partial charge in [0.25, 0.3) is 0 Å². The minimum absolute atomic E-state index is 0.0484. The number of ether oxygens (including phenoxy) is 3. The molecule has 0 aliphatic heterocycles. The van der Waals surface area contributed by atoms with Crippen LogP contribution < -0.4 is 19.6 Å². The monoisotopic (exact) mass is 420 g/mol. The zero-order valence-corrected chi connectivity index (χ0v) is 17.3. The second kappa shape index (κ2) is 8.39. The molecule has 0 atom stereocenters. The van der Waals surface area contributed by atoms with Crippen molar-refractivity contribution in [2.24, 2.45) is 0 Å². The van der Waals surface area contributed by atoms with Gasteiger partial charge in [-0.15, -0.1) is 0 Å². The Balaban J connectivity index is 1.66. The van der Waals surface area contributed by atoms with Crippen LogP contribution in [0, 0.1) is 13.8 Å². The Hall–Kier alpha value is -4.00. The summed E-state index contributed by atoms with van der Waals surface area (Å²) in [4.78, 5) is 25.7. The molecule has 0 unspecified atom stereocenters. The number of furan rings is 1. The molecule has 0 radical (unpaired) electrons. The Morgan fingerprint density at radius 1 is 1.03 bits per heavy atom.